The third kappa shape index (κ3) is 6.64. The van der Waals surface area contributed by atoms with Gasteiger partial charge in [0.25, 0.3) is 5.91 Å². The van der Waals surface area contributed by atoms with Gasteiger partial charge in [-0.1, -0.05) is 65.0 Å². The molecule has 1 aliphatic heterocycles. The standard InChI is InChI=1S/C35H43FN4O3Si/c1-24(2)26-10-8-25(9-11-26)23-42-30-13-12-28(22-29(30)36)31-32(27-14-16-37-17-15-27)38-40-19-18-39(34(41)33(31)40)20-21-43-44(6,7)35(3,4)5/h8-17,22,24H,18-21,23H2,1-7H3. The average molecular weight is 615 g/mol. The van der Waals surface area contributed by atoms with Crippen molar-refractivity contribution in [2.75, 3.05) is 19.7 Å². The predicted octanol–water partition coefficient (Wildman–Crippen LogP) is 7.93. The number of amides is 1. The monoisotopic (exact) mass is 614 g/mol. The number of pyridine rings is 1. The molecule has 2 aromatic carbocycles. The third-order valence-electron chi connectivity index (χ3n) is 8.87. The summed E-state index contributed by atoms with van der Waals surface area (Å²) in [6, 6.07) is 16.7. The fraction of sp³-hybridized carbons (Fsp3) is 0.400. The zero-order valence-electron chi connectivity index (χ0n) is 26.9. The van der Waals surface area contributed by atoms with Crippen LogP contribution in [-0.4, -0.2) is 53.6 Å². The minimum Gasteiger partial charge on any atom is -0.486 e. The summed E-state index contributed by atoms with van der Waals surface area (Å²) >= 11 is 0. The van der Waals surface area contributed by atoms with Gasteiger partial charge < -0.3 is 14.1 Å². The van der Waals surface area contributed by atoms with Gasteiger partial charge in [0.1, 0.15) is 18.0 Å². The summed E-state index contributed by atoms with van der Waals surface area (Å²) in [5.74, 6) is -0.0339. The lowest BCUT2D eigenvalue weighted by atomic mass is 9.98. The highest BCUT2D eigenvalue weighted by Gasteiger charge is 2.38. The maximum atomic E-state index is 15.6. The number of nitrogens with zero attached hydrogens (tertiary/aromatic N) is 4. The maximum absolute atomic E-state index is 15.6. The number of carbonyl (C=O) groups excluding carboxylic acids is 1. The minimum absolute atomic E-state index is 0.0858. The maximum Gasteiger partial charge on any atom is 0.272 e. The Morgan fingerprint density at radius 2 is 1.68 bits per heavy atom. The number of hydrogen-bond acceptors (Lipinski definition) is 5. The van der Waals surface area contributed by atoms with Crippen LogP contribution >= 0.6 is 0 Å². The molecule has 4 aromatic rings. The Hall–Kier alpha value is -3.82. The Morgan fingerprint density at radius 1 is 0.977 bits per heavy atom. The van der Waals surface area contributed by atoms with Gasteiger partial charge in [-0.3, -0.25) is 14.5 Å². The largest absolute Gasteiger partial charge is 0.486 e. The van der Waals surface area contributed by atoms with E-state index in [-0.39, 0.29) is 23.3 Å². The Bertz CT molecular complexity index is 1610. The Balaban J connectivity index is 1.42. The van der Waals surface area contributed by atoms with Gasteiger partial charge in [0.05, 0.1) is 13.2 Å². The second kappa shape index (κ2) is 12.7. The van der Waals surface area contributed by atoms with Gasteiger partial charge in [-0.2, -0.15) is 5.10 Å². The SMILES string of the molecule is CC(C)c1ccc(COc2ccc(-c3c(-c4ccncc4)nn4c3C(=O)N(CCO[Si](C)(C)C(C)(C)C)CC4)cc2F)cc1. The van der Waals surface area contributed by atoms with E-state index in [1.54, 1.807) is 29.2 Å². The molecule has 0 saturated heterocycles. The summed E-state index contributed by atoms with van der Waals surface area (Å²) in [4.78, 5) is 19.9. The quantitative estimate of drug-likeness (QED) is 0.170. The predicted molar refractivity (Wildman–Crippen MR) is 175 cm³/mol. The Kier molecular flexibility index (Phi) is 9.09. The van der Waals surface area contributed by atoms with Crippen LogP contribution in [-0.2, 0) is 17.6 Å². The van der Waals surface area contributed by atoms with Crippen molar-refractivity contribution in [1.29, 1.82) is 0 Å². The van der Waals surface area contributed by atoms with Crippen LogP contribution in [0.4, 0.5) is 4.39 Å². The molecule has 1 aliphatic rings. The van der Waals surface area contributed by atoms with Crippen LogP contribution in [0, 0.1) is 5.82 Å². The number of rotatable bonds is 10. The number of benzene rings is 2. The number of ether oxygens (including phenoxy) is 1. The summed E-state index contributed by atoms with van der Waals surface area (Å²) < 4.78 is 29.6. The number of carbonyl (C=O) groups is 1. The van der Waals surface area contributed by atoms with Crippen LogP contribution in [0.1, 0.15) is 62.2 Å². The molecule has 3 heterocycles. The summed E-state index contributed by atoms with van der Waals surface area (Å²) in [6.45, 7) is 17.6. The average Bonchev–Trinajstić information content (AvgIpc) is 3.38. The van der Waals surface area contributed by atoms with Crippen molar-refractivity contribution in [1.82, 2.24) is 19.7 Å². The first-order chi connectivity index (χ1) is 20.9. The van der Waals surface area contributed by atoms with E-state index in [9.17, 15) is 4.79 Å². The van der Waals surface area contributed by atoms with E-state index in [0.29, 0.717) is 54.7 Å². The van der Waals surface area contributed by atoms with Crippen LogP contribution in [0.15, 0.2) is 67.0 Å². The molecule has 0 unspecified atom stereocenters. The summed E-state index contributed by atoms with van der Waals surface area (Å²) in [5, 5.41) is 4.93. The van der Waals surface area contributed by atoms with Gasteiger partial charge in [0, 0.05) is 36.6 Å². The Morgan fingerprint density at radius 3 is 2.32 bits per heavy atom. The second-order valence-corrected chi connectivity index (χ2v) is 18.1. The molecule has 9 heteroatoms. The molecular formula is C35H43FN4O3Si. The molecule has 0 fully saturated rings. The highest BCUT2D eigenvalue weighted by atomic mass is 28.4. The molecule has 0 spiro atoms. The summed E-state index contributed by atoms with van der Waals surface area (Å²) in [5.41, 5.74) is 5.26. The van der Waals surface area contributed by atoms with Gasteiger partial charge in [-0.25, -0.2) is 4.39 Å². The van der Waals surface area contributed by atoms with Crippen LogP contribution < -0.4 is 4.74 Å². The van der Waals surface area contributed by atoms with Crippen molar-refractivity contribution < 1.29 is 18.3 Å². The van der Waals surface area contributed by atoms with Crippen LogP contribution in [0.25, 0.3) is 22.4 Å². The molecule has 0 radical (unpaired) electrons. The first kappa shape index (κ1) is 31.6. The van der Waals surface area contributed by atoms with Crippen LogP contribution in [0.5, 0.6) is 5.75 Å². The molecule has 0 saturated carbocycles. The van der Waals surface area contributed by atoms with Crippen molar-refractivity contribution >= 4 is 14.2 Å². The van der Waals surface area contributed by atoms with Crippen molar-refractivity contribution in [2.45, 2.75) is 71.8 Å². The van der Waals surface area contributed by atoms with Crippen molar-refractivity contribution in [3.05, 3.63) is 89.6 Å². The number of hydrogen-bond donors (Lipinski definition) is 0. The van der Waals surface area contributed by atoms with Gasteiger partial charge in [0.15, 0.2) is 19.9 Å². The van der Waals surface area contributed by atoms with Gasteiger partial charge >= 0.3 is 0 Å². The first-order valence-electron chi connectivity index (χ1n) is 15.3. The molecule has 7 nitrogen and oxygen atoms in total. The second-order valence-electron chi connectivity index (χ2n) is 13.3. The minimum atomic E-state index is -1.95. The molecule has 232 valence electrons. The topological polar surface area (TPSA) is 69.5 Å². The van der Waals surface area contributed by atoms with E-state index in [4.69, 9.17) is 14.3 Å². The van der Waals surface area contributed by atoms with Crippen molar-refractivity contribution in [3.63, 3.8) is 0 Å². The van der Waals surface area contributed by atoms with E-state index in [1.807, 2.05) is 29.2 Å². The Labute approximate surface area is 261 Å². The lowest BCUT2D eigenvalue weighted by Crippen LogP contribution is -2.46. The molecule has 0 atom stereocenters. The lowest BCUT2D eigenvalue weighted by Gasteiger charge is -2.37. The molecular weight excluding hydrogens is 571 g/mol. The van der Waals surface area contributed by atoms with Gasteiger partial charge in [-0.15, -0.1) is 0 Å². The molecule has 0 N–H and O–H groups in total. The third-order valence-corrected chi connectivity index (χ3v) is 13.4. The smallest absolute Gasteiger partial charge is 0.272 e. The number of aromatic nitrogens is 3. The zero-order valence-corrected chi connectivity index (χ0v) is 27.9. The number of fused-ring (bicyclic) bond motifs is 1. The molecule has 44 heavy (non-hydrogen) atoms. The molecule has 1 amide bonds. The van der Waals surface area contributed by atoms with E-state index in [1.165, 1.54) is 11.6 Å². The zero-order chi connectivity index (χ0) is 31.6. The molecule has 0 bridgehead atoms. The summed E-state index contributed by atoms with van der Waals surface area (Å²) in [6.07, 6.45) is 3.38. The highest BCUT2D eigenvalue weighted by molar-refractivity contribution is 6.74. The van der Waals surface area contributed by atoms with E-state index >= 15 is 4.39 Å². The fourth-order valence-electron chi connectivity index (χ4n) is 5.07. The summed E-state index contributed by atoms with van der Waals surface area (Å²) in [7, 11) is -1.95. The normalized spacial score (nSPS) is 13.8. The van der Waals surface area contributed by atoms with E-state index in [0.717, 1.165) is 11.1 Å². The van der Waals surface area contributed by atoms with Crippen molar-refractivity contribution in [2.24, 2.45) is 0 Å². The lowest BCUT2D eigenvalue weighted by molar-refractivity contribution is 0.0666. The highest BCUT2D eigenvalue weighted by Crippen LogP contribution is 2.39. The fourth-order valence-corrected chi connectivity index (χ4v) is 6.10. The first-order valence-corrected chi connectivity index (χ1v) is 18.2. The van der Waals surface area contributed by atoms with Gasteiger partial charge in [0.2, 0.25) is 0 Å². The van der Waals surface area contributed by atoms with Crippen molar-refractivity contribution in [3.8, 4) is 28.1 Å². The molecule has 0 aliphatic carbocycles. The molecule has 2 aromatic heterocycles. The van der Waals surface area contributed by atoms with E-state index in [2.05, 4.69) is 64.8 Å². The van der Waals surface area contributed by atoms with Crippen LogP contribution in [0.3, 0.4) is 0 Å². The van der Waals surface area contributed by atoms with Gasteiger partial charge in [-0.05, 0) is 65.0 Å². The van der Waals surface area contributed by atoms with Crippen LogP contribution in [0.2, 0.25) is 18.1 Å². The van der Waals surface area contributed by atoms with E-state index < -0.39 is 14.1 Å². The molecule has 5 rings (SSSR count). The number of halogens is 1.